The molecule has 0 unspecified atom stereocenters. The van der Waals surface area contributed by atoms with Crippen LogP contribution in [0.2, 0.25) is 0 Å². The smallest absolute Gasteiger partial charge is 0.286 e. The maximum absolute atomic E-state index is 12.3. The van der Waals surface area contributed by atoms with E-state index in [9.17, 15) is 4.79 Å². The number of carbonyl (C=O) groups is 1. The zero-order valence-corrected chi connectivity index (χ0v) is 15.6. The monoisotopic (exact) mass is 399 g/mol. The Balaban J connectivity index is 1.50. The van der Waals surface area contributed by atoms with Crippen LogP contribution in [0.15, 0.2) is 48.5 Å². The van der Waals surface area contributed by atoms with Gasteiger partial charge < -0.3 is 14.8 Å². The average molecular weight is 400 g/mol. The van der Waals surface area contributed by atoms with Crippen molar-refractivity contribution in [1.82, 2.24) is 10.2 Å². The second-order valence-electron chi connectivity index (χ2n) is 5.63. The van der Waals surface area contributed by atoms with E-state index in [-0.39, 0.29) is 10.9 Å². The molecule has 0 atom stereocenters. The fourth-order valence-corrected chi connectivity index (χ4v) is 3.40. The lowest BCUT2D eigenvalue weighted by Crippen LogP contribution is -2.15. The number of hydrogen-bond donors (Lipinski definition) is 1. The van der Waals surface area contributed by atoms with Crippen molar-refractivity contribution in [2.24, 2.45) is 0 Å². The largest absolute Gasteiger partial charge is 0.486 e. The molecule has 8 heteroatoms. The summed E-state index contributed by atoms with van der Waals surface area (Å²) in [6.07, 6.45) is 1.75. The molecule has 1 aliphatic rings. The highest BCUT2D eigenvalue weighted by Crippen LogP contribution is 2.33. The molecule has 136 valence electrons. The van der Waals surface area contributed by atoms with E-state index < -0.39 is 0 Å². The molecule has 0 bridgehead atoms. The van der Waals surface area contributed by atoms with Crippen molar-refractivity contribution < 1.29 is 14.3 Å². The van der Waals surface area contributed by atoms with Crippen molar-refractivity contribution in [3.63, 3.8) is 0 Å². The molecule has 6 nitrogen and oxygen atoms in total. The number of anilines is 1. The number of carbonyl (C=O) groups excluding carboxylic acids is 1. The maximum Gasteiger partial charge on any atom is 0.286 e. The summed E-state index contributed by atoms with van der Waals surface area (Å²) in [7, 11) is 0. The summed E-state index contributed by atoms with van der Waals surface area (Å²) in [6, 6.07) is 14.7. The first-order valence-corrected chi connectivity index (χ1v) is 9.35. The summed E-state index contributed by atoms with van der Waals surface area (Å²) in [5.41, 5.74) is 1.53. The molecule has 0 spiro atoms. The predicted molar refractivity (Wildman–Crippen MR) is 105 cm³/mol. The Morgan fingerprint density at radius 2 is 1.78 bits per heavy atom. The number of hydrogen-bond acceptors (Lipinski definition) is 6. The molecule has 4 rings (SSSR count). The fourth-order valence-electron chi connectivity index (χ4n) is 2.48. The topological polar surface area (TPSA) is 73.3 Å². The van der Waals surface area contributed by atoms with E-state index in [1.807, 2.05) is 36.4 Å². The maximum atomic E-state index is 12.3. The first-order chi connectivity index (χ1) is 13.2. The zero-order valence-electron chi connectivity index (χ0n) is 14.0. The van der Waals surface area contributed by atoms with Crippen LogP contribution in [0.5, 0.6) is 11.5 Å². The third kappa shape index (κ3) is 4.10. The Hall–Kier alpha value is -2.90. The highest BCUT2D eigenvalue weighted by atomic mass is 35.5. The quantitative estimate of drug-likeness (QED) is 0.708. The summed E-state index contributed by atoms with van der Waals surface area (Å²) < 4.78 is 11.1. The Bertz CT molecular complexity index is 1000. The van der Waals surface area contributed by atoms with Crippen LogP contribution in [-0.4, -0.2) is 29.3 Å². The van der Waals surface area contributed by atoms with E-state index in [0.29, 0.717) is 40.4 Å². The lowest BCUT2D eigenvalue weighted by atomic mass is 10.2. The number of para-hydroxylation sites is 1. The Kier molecular flexibility index (Phi) is 5.04. The fraction of sp³-hybridized carbons (Fsp3) is 0.105. The summed E-state index contributed by atoms with van der Waals surface area (Å²) in [5, 5.41) is 11.8. The van der Waals surface area contributed by atoms with Crippen LogP contribution in [-0.2, 0) is 0 Å². The van der Waals surface area contributed by atoms with Crippen molar-refractivity contribution in [1.29, 1.82) is 0 Å². The first kappa shape index (κ1) is 17.5. The molecule has 2 heterocycles. The molecule has 0 saturated heterocycles. The number of fused-ring (bicyclic) bond motifs is 1. The number of ether oxygens (including phenoxy) is 2. The summed E-state index contributed by atoms with van der Waals surface area (Å²) in [5.74, 6) is 1.07. The highest BCUT2D eigenvalue weighted by molar-refractivity contribution is 7.15. The number of amides is 1. The SMILES string of the molecule is O=C(Nc1ccccc1)c1nnc(/C(Cl)=C/c2ccc3c(c2)OCCO3)s1. The van der Waals surface area contributed by atoms with Crippen molar-refractivity contribution in [2.45, 2.75) is 0 Å². The third-order valence-electron chi connectivity index (χ3n) is 3.71. The van der Waals surface area contributed by atoms with Crippen LogP contribution < -0.4 is 14.8 Å². The Morgan fingerprint density at radius 3 is 2.59 bits per heavy atom. The normalized spacial score (nSPS) is 13.3. The van der Waals surface area contributed by atoms with Crippen molar-refractivity contribution in [3.8, 4) is 11.5 Å². The van der Waals surface area contributed by atoms with Gasteiger partial charge in [0.25, 0.3) is 5.91 Å². The van der Waals surface area contributed by atoms with E-state index in [1.54, 1.807) is 18.2 Å². The van der Waals surface area contributed by atoms with Crippen molar-refractivity contribution >= 4 is 45.6 Å². The van der Waals surface area contributed by atoms with Gasteiger partial charge in [0, 0.05) is 5.69 Å². The van der Waals surface area contributed by atoms with Gasteiger partial charge in [-0.05, 0) is 35.9 Å². The second-order valence-corrected chi connectivity index (χ2v) is 7.01. The Labute approximate surface area is 164 Å². The van der Waals surface area contributed by atoms with Crippen LogP contribution >= 0.6 is 22.9 Å². The van der Waals surface area contributed by atoms with Gasteiger partial charge >= 0.3 is 0 Å². The molecule has 1 amide bonds. The van der Waals surface area contributed by atoms with E-state index >= 15 is 0 Å². The zero-order chi connectivity index (χ0) is 18.6. The molecule has 0 fully saturated rings. The Morgan fingerprint density at radius 1 is 1.04 bits per heavy atom. The van der Waals surface area contributed by atoms with Crippen molar-refractivity contribution in [3.05, 3.63) is 64.1 Å². The molecular weight excluding hydrogens is 386 g/mol. The van der Waals surface area contributed by atoms with Gasteiger partial charge in [0.15, 0.2) is 16.5 Å². The number of nitrogens with zero attached hydrogens (tertiary/aromatic N) is 2. The minimum absolute atomic E-state index is 0.238. The summed E-state index contributed by atoms with van der Waals surface area (Å²) >= 11 is 7.49. The van der Waals surface area contributed by atoms with Gasteiger partial charge in [-0.1, -0.05) is 47.2 Å². The summed E-state index contributed by atoms with van der Waals surface area (Å²) in [4.78, 5) is 12.3. The van der Waals surface area contributed by atoms with Gasteiger partial charge in [0.05, 0.1) is 5.03 Å². The molecule has 1 N–H and O–H groups in total. The molecule has 2 aromatic carbocycles. The van der Waals surface area contributed by atoms with Gasteiger partial charge in [0.1, 0.15) is 13.2 Å². The van der Waals surface area contributed by atoms with Gasteiger partial charge in [-0.3, -0.25) is 4.79 Å². The predicted octanol–water partition coefficient (Wildman–Crippen LogP) is 4.30. The van der Waals surface area contributed by atoms with Crippen LogP contribution in [0.3, 0.4) is 0 Å². The number of aromatic nitrogens is 2. The number of halogens is 1. The molecule has 1 aliphatic heterocycles. The van der Waals surface area contributed by atoms with Gasteiger partial charge in [-0.2, -0.15) is 0 Å². The van der Waals surface area contributed by atoms with E-state index in [4.69, 9.17) is 21.1 Å². The molecule has 0 radical (unpaired) electrons. The molecule has 0 aliphatic carbocycles. The molecular formula is C19H14ClN3O3S. The molecule has 3 aromatic rings. The van der Waals surface area contributed by atoms with Crippen LogP contribution in [0.25, 0.3) is 11.1 Å². The molecule has 0 saturated carbocycles. The van der Waals surface area contributed by atoms with Crippen LogP contribution in [0.1, 0.15) is 20.4 Å². The lowest BCUT2D eigenvalue weighted by molar-refractivity contribution is 0.102. The lowest BCUT2D eigenvalue weighted by Gasteiger charge is -2.18. The van der Waals surface area contributed by atoms with E-state index in [0.717, 1.165) is 16.9 Å². The number of nitrogens with one attached hydrogen (secondary N) is 1. The molecule has 1 aromatic heterocycles. The first-order valence-electron chi connectivity index (χ1n) is 8.16. The number of benzene rings is 2. The van der Waals surface area contributed by atoms with Crippen LogP contribution in [0, 0.1) is 0 Å². The minimum Gasteiger partial charge on any atom is -0.486 e. The van der Waals surface area contributed by atoms with Crippen molar-refractivity contribution in [2.75, 3.05) is 18.5 Å². The van der Waals surface area contributed by atoms with Gasteiger partial charge in [-0.25, -0.2) is 0 Å². The van der Waals surface area contributed by atoms with E-state index in [2.05, 4.69) is 15.5 Å². The molecule has 27 heavy (non-hydrogen) atoms. The summed E-state index contributed by atoms with van der Waals surface area (Å²) in [6.45, 7) is 1.06. The van der Waals surface area contributed by atoms with Gasteiger partial charge in [-0.15, -0.1) is 10.2 Å². The van der Waals surface area contributed by atoms with Gasteiger partial charge in [0.2, 0.25) is 5.01 Å². The third-order valence-corrected chi connectivity index (χ3v) is 5.07. The van der Waals surface area contributed by atoms with E-state index in [1.165, 1.54) is 0 Å². The minimum atomic E-state index is -0.325. The van der Waals surface area contributed by atoms with Crippen LogP contribution in [0.4, 0.5) is 5.69 Å². The average Bonchev–Trinajstić information content (AvgIpc) is 3.19. The number of rotatable bonds is 4. The standard InChI is InChI=1S/C19H14ClN3O3S/c20-14(10-12-6-7-15-16(11-12)26-9-8-25-15)18-22-23-19(27-18)17(24)21-13-4-2-1-3-5-13/h1-7,10-11H,8-9H2,(H,21,24)/b14-10-. The second kappa shape index (κ2) is 7.77. The highest BCUT2D eigenvalue weighted by Gasteiger charge is 2.16.